The Morgan fingerprint density at radius 3 is 2.56 bits per heavy atom. The van der Waals surface area contributed by atoms with Gasteiger partial charge in [-0.1, -0.05) is 19.1 Å². The van der Waals surface area contributed by atoms with Crippen molar-refractivity contribution in [2.24, 2.45) is 0 Å². The quantitative estimate of drug-likeness (QED) is 0.660. The van der Waals surface area contributed by atoms with Crippen molar-refractivity contribution in [1.82, 2.24) is 5.32 Å². The first kappa shape index (κ1) is 12.0. The van der Waals surface area contributed by atoms with Crippen LogP contribution in [0.25, 0.3) is 0 Å². The zero-order chi connectivity index (χ0) is 12.0. The van der Waals surface area contributed by atoms with E-state index in [1.807, 2.05) is 0 Å². The summed E-state index contributed by atoms with van der Waals surface area (Å²) in [5, 5.41) is 14.3. The Hall–Kier alpha value is -2.04. The maximum atomic E-state index is 11.2. The van der Waals surface area contributed by atoms with Gasteiger partial charge in [0, 0.05) is 6.42 Å². The molecule has 0 atom stereocenters. The van der Waals surface area contributed by atoms with Gasteiger partial charge in [0.1, 0.15) is 5.75 Å². The topological polar surface area (TPSA) is 78.4 Å². The van der Waals surface area contributed by atoms with E-state index in [4.69, 9.17) is 0 Å². The van der Waals surface area contributed by atoms with Crippen LogP contribution in [0.15, 0.2) is 24.3 Å². The number of anilines is 1. The summed E-state index contributed by atoms with van der Waals surface area (Å²) >= 11 is 0. The summed E-state index contributed by atoms with van der Waals surface area (Å²) in [5.41, 5.74) is 0.460. The summed E-state index contributed by atoms with van der Waals surface area (Å²) in [5.74, 6) is -0.670. The molecule has 1 aromatic rings. The third kappa shape index (κ3) is 3.61. The molecule has 0 bridgehead atoms. The lowest BCUT2D eigenvalue weighted by Gasteiger charge is -2.07. The van der Waals surface area contributed by atoms with Crippen LogP contribution in [0.3, 0.4) is 0 Å². The van der Waals surface area contributed by atoms with Crippen LogP contribution in [0.1, 0.15) is 13.3 Å². The average molecular weight is 222 g/mol. The Labute approximate surface area is 93.5 Å². The molecule has 0 unspecified atom stereocenters. The smallest absolute Gasteiger partial charge is 0.245 e. The third-order valence-electron chi connectivity index (χ3n) is 1.94. The van der Waals surface area contributed by atoms with Crippen LogP contribution in [0.5, 0.6) is 5.75 Å². The predicted octanol–water partition coefficient (Wildman–Crippen LogP) is 0.857. The number of hydrogen-bond acceptors (Lipinski definition) is 4. The van der Waals surface area contributed by atoms with E-state index in [1.165, 1.54) is 6.07 Å². The molecule has 0 saturated heterocycles. The fraction of sp³-hybridized carbons (Fsp3) is 0.273. The zero-order valence-corrected chi connectivity index (χ0v) is 8.99. The van der Waals surface area contributed by atoms with E-state index >= 15 is 0 Å². The Morgan fingerprint density at radius 1 is 1.25 bits per heavy atom. The van der Waals surface area contributed by atoms with E-state index in [-0.39, 0.29) is 24.6 Å². The number of amides is 2. The van der Waals surface area contributed by atoms with Crippen LogP contribution in [-0.2, 0) is 9.59 Å². The van der Waals surface area contributed by atoms with Crippen LogP contribution in [-0.4, -0.2) is 23.5 Å². The highest BCUT2D eigenvalue weighted by atomic mass is 16.3. The molecule has 0 spiro atoms. The first-order chi connectivity index (χ1) is 7.63. The molecular weight excluding hydrogens is 208 g/mol. The van der Waals surface area contributed by atoms with Crippen LogP contribution < -0.4 is 10.6 Å². The van der Waals surface area contributed by atoms with Gasteiger partial charge in [-0.15, -0.1) is 0 Å². The first-order valence-electron chi connectivity index (χ1n) is 4.98. The molecule has 0 radical (unpaired) electrons. The van der Waals surface area contributed by atoms with E-state index in [2.05, 4.69) is 10.6 Å². The molecule has 86 valence electrons. The second kappa shape index (κ2) is 5.75. The molecule has 0 saturated carbocycles. The fourth-order valence-corrected chi connectivity index (χ4v) is 1.09. The van der Waals surface area contributed by atoms with Gasteiger partial charge in [0.2, 0.25) is 11.8 Å². The van der Waals surface area contributed by atoms with Gasteiger partial charge in [-0.2, -0.15) is 0 Å². The maximum Gasteiger partial charge on any atom is 0.245 e. The van der Waals surface area contributed by atoms with Gasteiger partial charge in [-0.05, 0) is 12.1 Å². The molecular formula is C11H14N2O3. The maximum absolute atomic E-state index is 11.2. The summed E-state index contributed by atoms with van der Waals surface area (Å²) in [7, 11) is 0. The molecule has 3 N–H and O–H groups in total. The van der Waals surface area contributed by atoms with Crippen molar-refractivity contribution in [2.45, 2.75) is 13.3 Å². The van der Waals surface area contributed by atoms with Gasteiger partial charge in [-0.25, -0.2) is 0 Å². The Balaban J connectivity index is 2.43. The number of nitrogens with one attached hydrogen (secondary N) is 2. The van der Waals surface area contributed by atoms with Gasteiger partial charge < -0.3 is 10.4 Å². The number of carbonyl (C=O) groups excluding carboxylic acids is 2. The first-order valence-corrected chi connectivity index (χ1v) is 4.98. The minimum absolute atomic E-state index is 0.0523. The van der Waals surface area contributed by atoms with Crippen molar-refractivity contribution < 1.29 is 14.7 Å². The molecule has 5 heteroatoms. The number of hydrogen-bond donors (Lipinski definition) is 3. The fourth-order valence-electron chi connectivity index (χ4n) is 1.09. The van der Waals surface area contributed by atoms with Crippen molar-refractivity contribution >= 4 is 17.5 Å². The van der Waals surface area contributed by atoms with Crippen molar-refractivity contribution in [2.75, 3.05) is 11.9 Å². The van der Waals surface area contributed by atoms with E-state index in [0.29, 0.717) is 5.69 Å². The zero-order valence-electron chi connectivity index (χ0n) is 8.99. The van der Waals surface area contributed by atoms with Gasteiger partial charge >= 0.3 is 0 Å². The molecule has 2 amide bonds. The van der Waals surface area contributed by atoms with Crippen LogP contribution in [0.4, 0.5) is 5.69 Å². The molecule has 1 aromatic carbocycles. The highest BCUT2D eigenvalue weighted by molar-refractivity contribution is 5.96. The molecule has 0 aliphatic carbocycles. The van der Waals surface area contributed by atoms with Gasteiger partial charge in [0.25, 0.3) is 0 Å². The van der Waals surface area contributed by atoms with Crippen LogP contribution in [0, 0.1) is 0 Å². The number of para-hydroxylation sites is 2. The highest BCUT2D eigenvalue weighted by Gasteiger charge is 2.06. The van der Waals surface area contributed by atoms with E-state index < -0.39 is 5.91 Å². The lowest BCUT2D eigenvalue weighted by molar-refractivity contribution is -0.129. The molecule has 0 aliphatic heterocycles. The summed E-state index contributed by atoms with van der Waals surface area (Å²) in [4.78, 5) is 22.1. The lowest BCUT2D eigenvalue weighted by atomic mass is 10.3. The molecule has 0 aliphatic rings. The molecule has 5 nitrogen and oxygen atoms in total. The van der Waals surface area contributed by atoms with Gasteiger partial charge in [-0.3, -0.25) is 14.9 Å². The number of imide groups is 1. The number of benzene rings is 1. The summed E-state index contributed by atoms with van der Waals surface area (Å²) in [6.07, 6.45) is 0.266. The molecule has 1 rings (SSSR count). The molecule has 0 fully saturated rings. The SMILES string of the molecule is CCC(=O)NC(=O)CNc1ccccc1O. The predicted molar refractivity (Wildman–Crippen MR) is 60.0 cm³/mol. The molecule has 0 aromatic heterocycles. The highest BCUT2D eigenvalue weighted by Crippen LogP contribution is 2.20. The number of aromatic hydroxyl groups is 1. The second-order valence-electron chi connectivity index (χ2n) is 3.20. The molecule has 0 heterocycles. The van der Waals surface area contributed by atoms with E-state index in [1.54, 1.807) is 25.1 Å². The standard InChI is InChI=1S/C11H14N2O3/c1-2-10(15)13-11(16)7-12-8-5-3-4-6-9(8)14/h3-6,12,14H,2,7H2,1H3,(H,13,15,16). The minimum Gasteiger partial charge on any atom is -0.506 e. The number of rotatable bonds is 4. The number of phenolic OH excluding ortho intramolecular Hbond substituents is 1. The normalized spacial score (nSPS) is 9.56. The van der Waals surface area contributed by atoms with Crippen molar-refractivity contribution in [3.05, 3.63) is 24.3 Å². The van der Waals surface area contributed by atoms with Crippen molar-refractivity contribution in [3.63, 3.8) is 0 Å². The van der Waals surface area contributed by atoms with Crippen LogP contribution >= 0.6 is 0 Å². The Morgan fingerprint density at radius 2 is 1.94 bits per heavy atom. The average Bonchev–Trinajstić information content (AvgIpc) is 2.28. The van der Waals surface area contributed by atoms with E-state index in [0.717, 1.165) is 0 Å². The van der Waals surface area contributed by atoms with E-state index in [9.17, 15) is 14.7 Å². The minimum atomic E-state index is -0.421. The largest absolute Gasteiger partial charge is 0.506 e. The number of carbonyl (C=O) groups is 2. The molecule has 16 heavy (non-hydrogen) atoms. The Kier molecular flexibility index (Phi) is 4.32. The summed E-state index contributed by atoms with van der Waals surface area (Å²) in [6, 6.07) is 6.57. The van der Waals surface area contributed by atoms with Crippen LogP contribution in [0.2, 0.25) is 0 Å². The summed E-state index contributed by atoms with van der Waals surface area (Å²) in [6.45, 7) is 1.61. The van der Waals surface area contributed by atoms with Crippen molar-refractivity contribution in [1.29, 1.82) is 0 Å². The third-order valence-corrected chi connectivity index (χ3v) is 1.94. The Bertz CT molecular complexity index is 391. The number of phenols is 1. The van der Waals surface area contributed by atoms with Gasteiger partial charge in [0.05, 0.1) is 12.2 Å². The van der Waals surface area contributed by atoms with Crippen molar-refractivity contribution in [3.8, 4) is 5.75 Å². The van der Waals surface area contributed by atoms with Gasteiger partial charge in [0.15, 0.2) is 0 Å². The lowest BCUT2D eigenvalue weighted by Crippen LogP contribution is -2.34. The monoisotopic (exact) mass is 222 g/mol. The summed E-state index contributed by atoms with van der Waals surface area (Å²) < 4.78 is 0. The second-order valence-corrected chi connectivity index (χ2v) is 3.20.